The van der Waals surface area contributed by atoms with Gasteiger partial charge in [0.05, 0.1) is 5.56 Å². The third-order valence-electron chi connectivity index (χ3n) is 3.86. The molecule has 1 aliphatic rings. The second-order valence-electron chi connectivity index (χ2n) is 5.08. The minimum absolute atomic E-state index is 0.0995. The molecule has 18 heavy (non-hydrogen) atoms. The van der Waals surface area contributed by atoms with Gasteiger partial charge in [-0.05, 0) is 50.7 Å². The van der Waals surface area contributed by atoms with Crippen LogP contribution in [0.4, 0.5) is 0 Å². The molecule has 0 saturated heterocycles. The van der Waals surface area contributed by atoms with E-state index in [1.807, 2.05) is 10.6 Å². The van der Waals surface area contributed by atoms with Crippen LogP contribution in [-0.4, -0.2) is 10.4 Å². The van der Waals surface area contributed by atoms with Crippen LogP contribution in [0.1, 0.15) is 56.0 Å². The highest BCUT2D eigenvalue weighted by molar-refractivity contribution is 5.94. The van der Waals surface area contributed by atoms with Crippen molar-refractivity contribution in [3.05, 3.63) is 33.2 Å². The molecule has 1 aliphatic carbocycles. The number of rotatable bonds is 3. The average molecular weight is 247 g/mol. The fourth-order valence-corrected chi connectivity index (χ4v) is 2.67. The Kier molecular flexibility index (Phi) is 3.55. The molecule has 0 aromatic carbocycles. The van der Waals surface area contributed by atoms with Crippen LogP contribution >= 0.6 is 0 Å². The maximum absolute atomic E-state index is 12.4. The predicted octanol–water partition coefficient (Wildman–Crippen LogP) is 1.98. The van der Waals surface area contributed by atoms with Crippen LogP contribution in [0, 0.1) is 5.41 Å². The topological polar surface area (TPSA) is 71.9 Å². The summed E-state index contributed by atoms with van der Waals surface area (Å²) in [6.45, 7) is 4.13. The van der Waals surface area contributed by atoms with Gasteiger partial charge in [-0.2, -0.15) is 0 Å². The molecule has 0 saturated carbocycles. The molecular weight excluding hydrogens is 226 g/mol. The summed E-state index contributed by atoms with van der Waals surface area (Å²) in [4.78, 5) is 12.4. The van der Waals surface area contributed by atoms with E-state index >= 15 is 0 Å². The number of pyridine rings is 1. The summed E-state index contributed by atoms with van der Waals surface area (Å²) in [6.07, 6.45) is 5.17. The van der Waals surface area contributed by atoms with Gasteiger partial charge in [0, 0.05) is 11.7 Å². The maximum atomic E-state index is 12.4. The highest BCUT2D eigenvalue weighted by Crippen LogP contribution is 2.23. The normalized spacial score (nSPS) is 16.1. The molecule has 0 bridgehead atoms. The molecule has 1 aromatic heterocycles. The van der Waals surface area contributed by atoms with Gasteiger partial charge >= 0.3 is 0 Å². The second-order valence-corrected chi connectivity index (χ2v) is 5.08. The molecule has 1 atom stereocenters. The zero-order valence-electron chi connectivity index (χ0n) is 11.1. The Morgan fingerprint density at radius 3 is 2.78 bits per heavy atom. The number of nitrogen functional groups attached to an aromatic ring is 1. The first-order valence-electron chi connectivity index (χ1n) is 6.68. The minimum Gasteiger partial charge on any atom is -0.384 e. The van der Waals surface area contributed by atoms with Crippen molar-refractivity contribution < 1.29 is 0 Å². The third-order valence-corrected chi connectivity index (χ3v) is 3.86. The molecule has 4 heteroatoms. The molecule has 0 aliphatic heterocycles. The van der Waals surface area contributed by atoms with E-state index in [-0.39, 0.29) is 17.4 Å². The Hall–Kier alpha value is -1.58. The molecule has 0 radical (unpaired) electrons. The van der Waals surface area contributed by atoms with E-state index in [2.05, 4.69) is 13.8 Å². The van der Waals surface area contributed by atoms with E-state index in [1.165, 1.54) is 5.56 Å². The van der Waals surface area contributed by atoms with Gasteiger partial charge in [0.15, 0.2) is 0 Å². The van der Waals surface area contributed by atoms with Crippen LogP contribution < -0.4 is 11.3 Å². The van der Waals surface area contributed by atoms with Crippen molar-refractivity contribution in [2.75, 3.05) is 0 Å². The first-order valence-corrected chi connectivity index (χ1v) is 6.68. The average Bonchev–Trinajstić information content (AvgIpc) is 2.37. The molecule has 2 rings (SSSR count). The number of aryl methyl sites for hydroxylation is 1. The highest BCUT2D eigenvalue weighted by Gasteiger charge is 2.20. The summed E-state index contributed by atoms with van der Waals surface area (Å²) < 4.78 is 1.87. The zero-order chi connectivity index (χ0) is 13.3. The van der Waals surface area contributed by atoms with Gasteiger partial charge in [-0.1, -0.05) is 6.92 Å². The van der Waals surface area contributed by atoms with E-state index in [4.69, 9.17) is 11.1 Å². The minimum atomic E-state index is -0.120. The summed E-state index contributed by atoms with van der Waals surface area (Å²) in [5.74, 6) is -0.120. The second kappa shape index (κ2) is 4.96. The summed E-state index contributed by atoms with van der Waals surface area (Å²) in [7, 11) is 0. The van der Waals surface area contributed by atoms with Crippen LogP contribution in [-0.2, 0) is 12.8 Å². The number of nitrogens with zero attached hydrogens (tertiary/aromatic N) is 1. The predicted molar refractivity (Wildman–Crippen MR) is 73.4 cm³/mol. The maximum Gasteiger partial charge on any atom is 0.262 e. The van der Waals surface area contributed by atoms with Gasteiger partial charge in [-0.15, -0.1) is 0 Å². The Bertz CT molecular complexity index is 531. The van der Waals surface area contributed by atoms with Gasteiger partial charge in [-0.3, -0.25) is 10.2 Å². The number of amidine groups is 1. The monoisotopic (exact) mass is 247 g/mol. The lowest BCUT2D eigenvalue weighted by atomic mass is 9.93. The number of aromatic nitrogens is 1. The van der Waals surface area contributed by atoms with Gasteiger partial charge in [0.1, 0.15) is 5.84 Å². The summed E-state index contributed by atoms with van der Waals surface area (Å²) >= 11 is 0. The van der Waals surface area contributed by atoms with Gasteiger partial charge in [0.25, 0.3) is 5.56 Å². The standard InChI is InChI=1S/C14H21N3O/c1-3-9(2)17-12-7-5-4-6-10(12)8-11(13(15)16)14(17)18/h8-9H,3-7H2,1-2H3,(H3,15,16). The van der Waals surface area contributed by atoms with Crippen molar-refractivity contribution in [2.24, 2.45) is 5.73 Å². The first-order chi connectivity index (χ1) is 8.56. The molecule has 3 N–H and O–H groups in total. The van der Waals surface area contributed by atoms with Gasteiger partial charge < -0.3 is 10.3 Å². The summed E-state index contributed by atoms with van der Waals surface area (Å²) in [5.41, 5.74) is 8.14. The van der Waals surface area contributed by atoms with Crippen molar-refractivity contribution in [1.82, 2.24) is 4.57 Å². The zero-order valence-corrected chi connectivity index (χ0v) is 11.1. The molecule has 4 nitrogen and oxygen atoms in total. The quantitative estimate of drug-likeness (QED) is 0.633. The first kappa shape index (κ1) is 12.9. The fraction of sp³-hybridized carbons (Fsp3) is 0.571. The Balaban J connectivity index is 2.70. The number of nitrogens with two attached hydrogens (primary N) is 1. The van der Waals surface area contributed by atoms with E-state index in [0.717, 1.165) is 37.8 Å². The Morgan fingerprint density at radius 1 is 1.50 bits per heavy atom. The van der Waals surface area contributed by atoms with E-state index in [1.54, 1.807) is 0 Å². The molecule has 1 aromatic rings. The SMILES string of the molecule is CCC(C)n1c2c(cc(C(=N)N)c1=O)CCCC2. The van der Waals surface area contributed by atoms with Gasteiger partial charge in [-0.25, -0.2) is 0 Å². The Morgan fingerprint density at radius 2 is 2.17 bits per heavy atom. The van der Waals surface area contributed by atoms with Crippen LogP contribution in [0.15, 0.2) is 10.9 Å². The van der Waals surface area contributed by atoms with Crippen molar-refractivity contribution >= 4 is 5.84 Å². The van der Waals surface area contributed by atoms with Crippen molar-refractivity contribution in [3.8, 4) is 0 Å². The smallest absolute Gasteiger partial charge is 0.262 e. The fourth-order valence-electron chi connectivity index (χ4n) is 2.67. The molecule has 1 unspecified atom stereocenters. The Labute approximate surface area is 107 Å². The van der Waals surface area contributed by atoms with Crippen molar-refractivity contribution in [2.45, 2.75) is 52.0 Å². The lowest BCUT2D eigenvalue weighted by molar-refractivity contribution is 0.474. The van der Waals surface area contributed by atoms with Crippen LogP contribution in [0.5, 0.6) is 0 Å². The summed E-state index contributed by atoms with van der Waals surface area (Å²) in [5, 5.41) is 7.55. The third kappa shape index (κ3) is 2.07. The number of hydrogen-bond donors (Lipinski definition) is 2. The van der Waals surface area contributed by atoms with Crippen molar-refractivity contribution in [1.29, 1.82) is 5.41 Å². The van der Waals surface area contributed by atoms with Crippen molar-refractivity contribution in [3.63, 3.8) is 0 Å². The molecule has 0 fully saturated rings. The molecule has 0 amide bonds. The van der Waals surface area contributed by atoms with Crippen LogP contribution in [0.2, 0.25) is 0 Å². The van der Waals surface area contributed by atoms with E-state index < -0.39 is 0 Å². The molecular formula is C14H21N3O. The largest absolute Gasteiger partial charge is 0.384 e. The van der Waals surface area contributed by atoms with Crippen LogP contribution in [0.25, 0.3) is 0 Å². The number of fused-ring (bicyclic) bond motifs is 1. The number of nitrogens with one attached hydrogen (secondary N) is 1. The lowest BCUT2D eigenvalue weighted by Crippen LogP contribution is -2.35. The number of hydrogen-bond acceptors (Lipinski definition) is 2. The lowest BCUT2D eigenvalue weighted by Gasteiger charge is -2.25. The molecule has 1 heterocycles. The van der Waals surface area contributed by atoms with E-state index in [9.17, 15) is 4.79 Å². The van der Waals surface area contributed by atoms with Crippen LogP contribution in [0.3, 0.4) is 0 Å². The highest BCUT2D eigenvalue weighted by atomic mass is 16.1. The molecule has 0 spiro atoms. The summed E-state index contributed by atoms with van der Waals surface area (Å²) in [6, 6.07) is 2.00. The molecule has 98 valence electrons. The van der Waals surface area contributed by atoms with E-state index in [0.29, 0.717) is 5.56 Å². The van der Waals surface area contributed by atoms with Gasteiger partial charge in [0.2, 0.25) is 0 Å².